The normalized spacial score (nSPS) is 16.2. The van der Waals surface area contributed by atoms with Crippen molar-refractivity contribution in [2.45, 2.75) is 37.9 Å². The van der Waals surface area contributed by atoms with Gasteiger partial charge in [0.05, 0.1) is 19.8 Å². The number of ether oxygens (including phenoxy) is 2. The minimum Gasteiger partial charge on any atom is -0.493 e. The van der Waals surface area contributed by atoms with E-state index in [4.69, 9.17) is 9.47 Å². The van der Waals surface area contributed by atoms with Crippen molar-refractivity contribution in [2.24, 2.45) is 4.99 Å². The Hall–Kier alpha value is -1.87. The summed E-state index contributed by atoms with van der Waals surface area (Å²) in [5, 5.41) is 0. The molecular formula is C15H18FNO3. The molecule has 1 aliphatic rings. The Balaban J connectivity index is 2.65. The number of hydrogen-bond acceptors (Lipinski definition) is 4. The SMILES string of the molecule is COc1cc(C2(N=C=O)CC2)cc(C(C)(C)F)c1OC. The van der Waals surface area contributed by atoms with Crippen LogP contribution in [0.3, 0.4) is 0 Å². The van der Waals surface area contributed by atoms with E-state index in [1.807, 2.05) is 0 Å². The summed E-state index contributed by atoms with van der Waals surface area (Å²) in [7, 11) is 2.97. The van der Waals surface area contributed by atoms with Crippen molar-refractivity contribution in [1.29, 1.82) is 0 Å². The standard InChI is InChI=1S/C15H18FNO3/c1-14(2,16)11-7-10(15(5-6-15)17-9-18)8-12(19-3)13(11)20-4/h7-8H,5-6H2,1-4H3. The number of halogens is 1. The molecule has 0 aliphatic heterocycles. The number of nitrogens with zero attached hydrogens (tertiary/aromatic N) is 1. The second kappa shape index (κ2) is 4.91. The predicted molar refractivity (Wildman–Crippen MR) is 72.7 cm³/mol. The topological polar surface area (TPSA) is 47.9 Å². The lowest BCUT2D eigenvalue weighted by Crippen LogP contribution is -2.14. The predicted octanol–water partition coefficient (Wildman–Crippen LogP) is 3.23. The molecule has 4 nitrogen and oxygen atoms in total. The summed E-state index contributed by atoms with van der Waals surface area (Å²) < 4.78 is 25.0. The second-order valence-electron chi connectivity index (χ2n) is 5.47. The van der Waals surface area contributed by atoms with E-state index in [1.165, 1.54) is 28.1 Å². The smallest absolute Gasteiger partial charge is 0.235 e. The molecule has 0 saturated heterocycles. The van der Waals surface area contributed by atoms with E-state index in [0.717, 1.165) is 18.4 Å². The van der Waals surface area contributed by atoms with Gasteiger partial charge in [0.2, 0.25) is 6.08 Å². The summed E-state index contributed by atoms with van der Waals surface area (Å²) in [6, 6.07) is 3.46. The average Bonchev–Trinajstić information content (AvgIpc) is 3.17. The lowest BCUT2D eigenvalue weighted by molar-refractivity contribution is 0.211. The molecule has 0 N–H and O–H groups in total. The minimum absolute atomic E-state index is 0.370. The molecular weight excluding hydrogens is 261 g/mol. The lowest BCUT2D eigenvalue weighted by atomic mass is 9.93. The van der Waals surface area contributed by atoms with Crippen molar-refractivity contribution in [1.82, 2.24) is 0 Å². The highest BCUT2D eigenvalue weighted by molar-refractivity contribution is 5.55. The Morgan fingerprint density at radius 3 is 2.35 bits per heavy atom. The number of rotatable bonds is 5. The van der Waals surface area contributed by atoms with E-state index in [-0.39, 0.29) is 0 Å². The van der Waals surface area contributed by atoms with Crippen molar-refractivity contribution in [3.63, 3.8) is 0 Å². The fraction of sp³-hybridized carbons (Fsp3) is 0.533. The number of hydrogen-bond donors (Lipinski definition) is 0. The van der Waals surface area contributed by atoms with Gasteiger partial charge in [0.1, 0.15) is 5.67 Å². The largest absolute Gasteiger partial charge is 0.493 e. The van der Waals surface area contributed by atoms with E-state index in [9.17, 15) is 9.18 Å². The third kappa shape index (κ3) is 2.41. The molecule has 0 unspecified atom stereocenters. The van der Waals surface area contributed by atoms with Crippen LogP contribution in [0.2, 0.25) is 0 Å². The monoisotopic (exact) mass is 279 g/mol. The molecule has 1 aromatic carbocycles. The third-order valence-corrected chi connectivity index (χ3v) is 3.64. The lowest BCUT2D eigenvalue weighted by Gasteiger charge is -2.23. The molecule has 1 aliphatic carbocycles. The van der Waals surface area contributed by atoms with Crippen LogP contribution in [0.1, 0.15) is 37.8 Å². The van der Waals surface area contributed by atoms with Gasteiger partial charge in [0.15, 0.2) is 11.5 Å². The van der Waals surface area contributed by atoms with Gasteiger partial charge in [-0.05, 0) is 44.4 Å². The van der Waals surface area contributed by atoms with Gasteiger partial charge in [0, 0.05) is 5.56 Å². The first-order valence-electron chi connectivity index (χ1n) is 6.43. The van der Waals surface area contributed by atoms with Gasteiger partial charge in [-0.25, -0.2) is 9.18 Å². The van der Waals surface area contributed by atoms with E-state index in [2.05, 4.69) is 4.99 Å². The molecule has 5 heteroatoms. The maximum Gasteiger partial charge on any atom is 0.235 e. The molecule has 1 saturated carbocycles. The van der Waals surface area contributed by atoms with Gasteiger partial charge in [0.25, 0.3) is 0 Å². The molecule has 0 aromatic heterocycles. The van der Waals surface area contributed by atoms with E-state index in [0.29, 0.717) is 17.1 Å². The highest BCUT2D eigenvalue weighted by atomic mass is 19.1. The Labute approximate surface area is 117 Å². The number of carbonyl (C=O) groups excluding carboxylic acids is 1. The Morgan fingerprint density at radius 2 is 1.95 bits per heavy atom. The Kier molecular flexibility index (Phi) is 3.57. The molecule has 0 spiro atoms. The fourth-order valence-electron chi connectivity index (χ4n) is 2.35. The molecule has 0 radical (unpaired) electrons. The van der Waals surface area contributed by atoms with Crippen molar-refractivity contribution in [3.8, 4) is 11.5 Å². The first-order chi connectivity index (χ1) is 9.38. The van der Waals surface area contributed by atoms with E-state index < -0.39 is 11.2 Å². The zero-order valence-electron chi connectivity index (χ0n) is 12.1. The van der Waals surface area contributed by atoms with Crippen LogP contribution in [0.4, 0.5) is 4.39 Å². The van der Waals surface area contributed by atoms with Crippen LogP contribution in [0.5, 0.6) is 11.5 Å². The molecule has 0 amide bonds. The van der Waals surface area contributed by atoms with Gasteiger partial charge in [-0.2, -0.15) is 4.99 Å². The van der Waals surface area contributed by atoms with Crippen LogP contribution in [-0.2, 0) is 16.0 Å². The average molecular weight is 279 g/mol. The number of aliphatic imine (C=N–C) groups is 1. The summed E-state index contributed by atoms with van der Waals surface area (Å²) in [5.74, 6) is 0.813. The maximum atomic E-state index is 14.4. The second-order valence-corrected chi connectivity index (χ2v) is 5.47. The summed E-state index contributed by atoms with van der Waals surface area (Å²) in [5.41, 5.74) is -1.00. The van der Waals surface area contributed by atoms with Crippen LogP contribution in [0, 0.1) is 0 Å². The van der Waals surface area contributed by atoms with E-state index >= 15 is 0 Å². The third-order valence-electron chi connectivity index (χ3n) is 3.64. The van der Waals surface area contributed by atoms with Crippen molar-refractivity contribution in [2.75, 3.05) is 14.2 Å². The summed E-state index contributed by atoms with van der Waals surface area (Å²) in [4.78, 5) is 14.4. The zero-order chi connectivity index (χ0) is 15.0. The van der Waals surface area contributed by atoms with Crippen LogP contribution < -0.4 is 9.47 Å². The Bertz CT molecular complexity index is 567. The first-order valence-corrected chi connectivity index (χ1v) is 6.43. The first kappa shape index (κ1) is 14.5. The highest BCUT2D eigenvalue weighted by Crippen LogP contribution is 2.52. The molecule has 2 rings (SSSR count). The molecule has 0 heterocycles. The van der Waals surface area contributed by atoms with Crippen LogP contribution in [-0.4, -0.2) is 20.3 Å². The van der Waals surface area contributed by atoms with Gasteiger partial charge in [-0.1, -0.05) is 0 Å². The summed E-state index contributed by atoms with van der Waals surface area (Å²) >= 11 is 0. The summed E-state index contributed by atoms with van der Waals surface area (Å²) in [6.07, 6.45) is 3.11. The number of benzene rings is 1. The quantitative estimate of drug-likeness (QED) is 0.614. The number of alkyl halides is 1. The van der Waals surface area contributed by atoms with Crippen molar-refractivity contribution >= 4 is 6.08 Å². The summed E-state index contributed by atoms with van der Waals surface area (Å²) in [6.45, 7) is 2.91. The van der Waals surface area contributed by atoms with Gasteiger partial charge < -0.3 is 9.47 Å². The molecule has 0 atom stereocenters. The van der Waals surface area contributed by atoms with Gasteiger partial charge in [-0.15, -0.1) is 0 Å². The fourth-order valence-corrected chi connectivity index (χ4v) is 2.35. The molecule has 0 bridgehead atoms. The Morgan fingerprint density at radius 1 is 1.30 bits per heavy atom. The van der Waals surface area contributed by atoms with E-state index in [1.54, 1.807) is 18.2 Å². The minimum atomic E-state index is -1.59. The van der Waals surface area contributed by atoms with Gasteiger partial charge in [-0.3, -0.25) is 0 Å². The van der Waals surface area contributed by atoms with Crippen LogP contribution in [0.15, 0.2) is 17.1 Å². The van der Waals surface area contributed by atoms with Crippen LogP contribution >= 0.6 is 0 Å². The zero-order valence-corrected chi connectivity index (χ0v) is 12.1. The molecule has 1 aromatic rings. The highest BCUT2D eigenvalue weighted by Gasteiger charge is 2.46. The molecule has 1 fully saturated rings. The maximum absolute atomic E-state index is 14.4. The number of methoxy groups -OCH3 is 2. The molecule has 108 valence electrons. The number of isocyanates is 1. The molecule has 20 heavy (non-hydrogen) atoms. The van der Waals surface area contributed by atoms with Crippen molar-refractivity contribution in [3.05, 3.63) is 23.3 Å². The van der Waals surface area contributed by atoms with Crippen LogP contribution in [0.25, 0.3) is 0 Å². The van der Waals surface area contributed by atoms with Crippen molar-refractivity contribution < 1.29 is 18.7 Å². The van der Waals surface area contributed by atoms with Gasteiger partial charge >= 0.3 is 0 Å².